The SMILES string of the molecule is CCCCSCCCCC(C)(C)C#N. The Labute approximate surface area is 93.3 Å². The van der Waals surface area contributed by atoms with Crippen LogP contribution in [0.5, 0.6) is 0 Å². The van der Waals surface area contributed by atoms with Crippen molar-refractivity contribution in [2.45, 2.75) is 52.9 Å². The minimum absolute atomic E-state index is 0.117. The molecule has 0 bridgehead atoms. The van der Waals surface area contributed by atoms with E-state index in [4.69, 9.17) is 5.26 Å². The molecule has 2 heteroatoms. The summed E-state index contributed by atoms with van der Waals surface area (Å²) in [4.78, 5) is 0. The zero-order valence-electron chi connectivity index (χ0n) is 9.81. The van der Waals surface area contributed by atoms with Gasteiger partial charge in [-0.3, -0.25) is 0 Å². The number of hydrogen-bond donors (Lipinski definition) is 0. The molecule has 1 nitrogen and oxygen atoms in total. The maximum absolute atomic E-state index is 8.81. The largest absolute Gasteiger partial charge is 0.198 e. The van der Waals surface area contributed by atoms with Crippen LogP contribution in [0.4, 0.5) is 0 Å². The standard InChI is InChI=1S/C12H23NS/c1-4-5-9-14-10-7-6-8-12(2,3)11-13/h4-10H2,1-3H3. The number of thioether (sulfide) groups is 1. The summed E-state index contributed by atoms with van der Waals surface area (Å²) < 4.78 is 0. The molecule has 0 fully saturated rings. The van der Waals surface area contributed by atoms with Gasteiger partial charge in [-0.1, -0.05) is 19.8 Å². The first kappa shape index (κ1) is 13.8. The van der Waals surface area contributed by atoms with Crippen molar-refractivity contribution in [1.29, 1.82) is 5.26 Å². The van der Waals surface area contributed by atoms with Crippen LogP contribution < -0.4 is 0 Å². The smallest absolute Gasteiger partial charge is 0.0683 e. The molecular weight excluding hydrogens is 190 g/mol. The van der Waals surface area contributed by atoms with Crippen LogP contribution in [0.15, 0.2) is 0 Å². The third-order valence-electron chi connectivity index (χ3n) is 2.29. The number of hydrogen-bond acceptors (Lipinski definition) is 2. The molecule has 0 aliphatic heterocycles. The normalized spacial score (nSPS) is 11.3. The lowest BCUT2D eigenvalue weighted by atomic mass is 9.89. The highest BCUT2D eigenvalue weighted by molar-refractivity contribution is 7.99. The highest BCUT2D eigenvalue weighted by Crippen LogP contribution is 2.22. The maximum atomic E-state index is 8.81. The molecule has 0 aromatic rings. The van der Waals surface area contributed by atoms with E-state index in [0.29, 0.717) is 0 Å². The molecule has 0 saturated carbocycles. The fraction of sp³-hybridized carbons (Fsp3) is 0.917. The van der Waals surface area contributed by atoms with Gasteiger partial charge in [0.25, 0.3) is 0 Å². The number of nitrogens with zero attached hydrogens (tertiary/aromatic N) is 1. The van der Waals surface area contributed by atoms with Gasteiger partial charge in [-0.2, -0.15) is 17.0 Å². The van der Waals surface area contributed by atoms with Crippen molar-refractivity contribution in [2.24, 2.45) is 5.41 Å². The third-order valence-corrected chi connectivity index (χ3v) is 3.44. The van der Waals surface area contributed by atoms with Crippen molar-refractivity contribution >= 4 is 11.8 Å². The molecule has 0 spiro atoms. The molecule has 0 unspecified atom stereocenters. The summed E-state index contributed by atoms with van der Waals surface area (Å²) in [6, 6.07) is 2.35. The fourth-order valence-electron chi connectivity index (χ4n) is 1.18. The van der Waals surface area contributed by atoms with Crippen LogP contribution in [0.1, 0.15) is 52.9 Å². The van der Waals surface area contributed by atoms with Gasteiger partial charge in [0.2, 0.25) is 0 Å². The van der Waals surface area contributed by atoms with Crippen LogP contribution in [-0.2, 0) is 0 Å². The molecular formula is C12H23NS. The molecule has 0 aromatic heterocycles. The first-order valence-corrected chi connectivity index (χ1v) is 6.77. The molecule has 0 aliphatic carbocycles. The highest BCUT2D eigenvalue weighted by atomic mass is 32.2. The van der Waals surface area contributed by atoms with Gasteiger partial charge in [0, 0.05) is 0 Å². The summed E-state index contributed by atoms with van der Waals surface area (Å²) in [7, 11) is 0. The van der Waals surface area contributed by atoms with E-state index in [9.17, 15) is 0 Å². The first-order chi connectivity index (χ1) is 6.62. The van der Waals surface area contributed by atoms with Crippen LogP contribution in [0.3, 0.4) is 0 Å². The van der Waals surface area contributed by atoms with E-state index in [-0.39, 0.29) is 5.41 Å². The molecule has 0 N–H and O–H groups in total. The van der Waals surface area contributed by atoms with Gasteiger partial charge in [-0.05, 0) is 44.6 Å². The predicted molar refractivity (Wildman–Crippen MR) is 65.5 cm³/mol. The van der Waals surface area contributed by atoms with E-state index < -0.39 is 0 Å². The van der Waals surface area contributed by atoms with Crippen molar-refractivity contribution in [1.82, 2.24) is 0 Å². The average Bonchev–Trinajstić information content (AvgIpc) is 2.16. The predicted octanol–water partition coefficient (Wildman–Crippen LogP) is 4.24. The monoisotopic (exact) mass is 213 g/mol. The molecule has 82 valence electrons. The van der Waals surface area contributed by atoms with Gasteiger partial charge >= 0.3 is 0 Å². The van der Waals surface area contributed by atoms with E-state index in [2.05, 4.69) is 24.8 Å². The number of rotatable bonds is 8. The second-order valence-corrected chi connectivity index (χ2v) is 5.64. The third kappa shape index (κ3) is 8.44. The van der Waals surface area contributed by atoms with E-state index in [1.54, 1.807) is 0 Å². The summed E-state index contributed by atoms with van der Waals surface area (Å²) in [6.45, 7) is 6.28. The van der Waals surface area contributed by atoms with Gasteiger partial charge in [-0.15, -0.1) is 0 Å². The van der Waals surface area contributed by atoms with Crippen LogP contribution in [0, 0.1) is 16.7 Å². The van der Waals surface area contributed by atoms with E-state index in [1.807, 2.05) is 13.8 Å². The Morgan fingerprint density at radius 1 is 1.14 bits per heavy atom. The van der Waals surface area contributed by atoms with Crippen molar-refractivity contribution < 1.29 is 0 Å². The van der Waals surface area contributed by atoms with Gasteiger partial charge in [0.1, 0.15) is 0 Å². The van der Waals surface area contributed by atoms with Gasteiger partial charge in [-0.25, -0.2) is 0 Å². The Balaban J connectivity index is 3.18. The zero-order valence-corrected chi connectivity index (χ0v) is 10.6. The minimum atomic E-state index is -0.117. The Hall–Kier alpha value is -0.160. The molecule has 0 atom stereocenters. The molecule has 14 heavy (non-hydrogen) atoms. The fourth-order valence-corrected chi connectivity index (χ4v) is 2.28. The van der Waals surface area contributed by atoms with Gasteiger partial charge < -0.3 is 0 Å². The van der Waals surface area contributed by atoms with Crippen LogP contribution in [-0.4, -0.2) is 11.5 Å². The molecule has 0 aromatic carbocycles. The Kier molecular flexibility index (Phi) is 8.08. The molecule has 0 aliphatic rings. The van der Waals surface area contributed by atoms with E-state index in [0.717, 1.165) is 6.42 Å². The van der Waals surface area contributed by atoms with Crippen LogP contribution in [0.2, 0.25) is 0 Å². The highest BCUT2D eigenvalue weighted by Gasteiger charge is 2.14. The summed E-state index contributed by atoms with van der Waals surface area (Å²) in [5.74, 6) is 2.57. The lowest BCUT2D eigenvalue weighted by Crippen LogP contribution is -2.07. The van der Waals surface area contributed by atoms with Crippen LogP contribution >= 0.6 is 11.8 Å². The van der Waals surface area contributed by atoms with Gasteiger partial charge in [0.05, 0.1) is 11.5 Å². The van der Waals surface area contributed by atoms with E-state index >= 15 is 0 Å². The molecule has 0 amide bonds. The molecule has 0 saturated heterocycles. The Bertz CT molecular complexity index is 170. The topological polar surface area (TPSA) is 23.8 Å². The van der Waals surface area contributed by atoms with Crippen molar-refractivity contribution in [3.05, 3.63) is 0 Å². The minimum Gasteiger partial charge on any atom is -0.198 e. The zero-order chi connectivity index (χ0) is 10.9. The summed E-state index contributed by atoms with van der Waals surface area (Å²) >= 11 is 2.05. The van der Waals surface area contributed by atoms with Crippen molar-refractivity contribution in [3.8, 4) is 6.07 Å². The van der Waals surface area contributed by atoms with Crippen molar-refractivity contribution in [2.75, 3.05) is 11.5 Å². The first-order valence-electron chi connectivity index (χ1n) is 5.61. The lowest BCUT2D eigenvalue weighted by molar-refractivity contribution is 0.433. The second kappa shape index (κ2) is 8.17. The number of nitriles is 1. The Morgan fingerprint density at radius 3 is 2.36 bits per heavy atom. The van der Waals surface area contributed by atoms with Crippen LogP contribution in [0.25, 0.3) is 0 Å². The maximum Gasteiger partial charge on any atom is 0.0683 e. The summed E-state index contributed by atoms with van der Waals surface area (Å²) in [5, 5.41) is 8.81. The van der Waals surface area contributed by atoms with E-state index in [1.165, 1.54) is 37.2 Å². The lowest BCUT2D eigenvalue weighted by Gasteiger charge is -2.13. The molecule has 0 rings (SSSR count). The quantitative estimate of drug-likeness (QED) is 0.563. The molecule has 0 radical (unpaired) electrons. The van der Waals surface area contributed by atoms with Crippen molar-refractivity contribution in [3.63, 3.8) is 0 Å². The summed E-state index contributed by atoms with van der Waals surface area (Å²) in [6.07, 6.45) is 6.14. The number of unbranched alkanes of at least 4 members (excludes halogenated alkanes) is 2. The van der Waals surface area contributed by atoms with Gasteiger partial charge in [0.15, 0.2) is 0 Å². The average molecular weight is 213 g/mol. The Morgan fingerprint density at radius 2 is 1.79 bits per heavy atom. The summed E-state index contributed by atoms with van der Waals surface area (Å²) in [5.41, 5.74) is -0.117. The molecule has 0 heterocycles. The second-order valence-electron chi connectivity index (χ2n) is 4.42.